The van der Waals surface area contributed by atoms with Gasteiger partial charge in [0.2, 0.25) is 0 Å². The van der Waals surface area contributed by atoms with Crippen LogP contribution in [-0.4, -0.2) is 53.8 Å². The number of aromatic nitrogens is 5. The first-order valence-corrected chi connectivity index (χ1v) is 12.6. The number of aromatic amines is 1. The lowest BCUT2D eigenvalue weighted by Crippen LogP contribution is -2.38. The molecule has 4 aromatic rings. The van der Waals surface area contributed by atoms with Crippen molar-refractivity contribution >= 4 is 22.8 Å². The van der Waals surface area contributed by atoms with Gasteiger partial charge in [0.15, 0.2) is 11.2 Å². The van der Waals surface area contributed by atoms with Crippen LogP contribution in [0.3, 0.4) is 0 Å². The third-order valence-electron chi connectivity index (χ3n) is 7.04. The van der Waals surface area contributed by atoms with Crippen molar-refractivity contribution in [3.8, 4) is 0 Å². The summed E-state index contributed by atoms with van der Waals surface area (Å²) in [4.78, 5) is 45.4. The van der Waals surface area contributed by atoms with Crippen molar-refractivity contribution in [3.63, 3.8) is 0 Å². The van der Waals surface area contributed by atoms with Crippen LogP contribution in [0.2, 0.25) is 0 Å². The van der Waals surface area contributed by atoms with Gasteiger partial charge in [0.05, 0.1) is 11.5 Å². The van der Waals surface area contributed by atoms with Gasteiger partial charge in [-0.05, 0) is 41.5 Å². The SMILES string of the molecule is CC(C)(C)c1ccc(Cn2nnc3c(=O)[nH]c(C4CCN(C(=O)c5ccc([N+](=O)[O-])cc5)CC4)nc32)cc1. The molecule has 0 aliphatic carbocycles. The van der Waals surface area contributed by atoms with Crippen molar-refractivity contribution in [2.45, 2.75) is 51.5 Å². The van der Waals surface area contributed by atoms with Crippen molar-refractivity contribution in [2.75, 3.05) is 13.1 Å². The maximum Gasteiger partial charge on any atom is 0.281 e. The number of nitrogens with zero attached hydrogens (tertiary/aromatic N) is 6. The molecule has 196 valence electrons. The van der Waals surface area contributed by atoms with Gasteiger partial charge in [-0.1, -0.05) is 50.3 Å². The number of hydrogen-bond acceptors (Lipinski definition) is 7. The zero-order valence-corrected chi connectivity index (χ0v) is 21.5. The van der Waals surface area contributed by atoms with Crippen molar-refractivity contribution in [1.82, 2.24) is 29.9 Å². The molecule has 38 heavy (non-hydrogen) atoms. The predicted octanol–water partition coefficient (Wildman–Crippen LogP) is 3.79. The Morgan fingerprint density at radius 3 is 2.34 bits per heavy atom. The molecule has 3 heterocycles. The van der Waals surface area contributed by atoms with Crippen LogP contribution in [0.5, 0.6) is 0 Å². The lowest BCUT2D eigenvalue weighted by atomic mass is 9.87. The average Bonchev–Trinajstić information content (AvgIpc) is 3.31. The van der Waals surface area contributed by atoms with Gasteiger partial charge in [0, 0.05) is 36.7 Å². The highest BCUT2D eigenvalue weighted by Gasteiger charge is 2.27. The van der Waals surface area contributed by atoms with E-state index in [1.165, 1.54) is 29.8 Å². The van der Waals surface area contributed by atoms with Gasteiger partial charge in [0.1, 0.15) is 5.82 Å². The van der Waals surface area contributed by atoms with E-state index in [1.54, 1.807) is 9.58 Å². The summed E-state index contributed by atoms with van der Waals surface area (Å²) in [6.45, 7) is 7.92. The van der Waals surface area contributed by atoms with Gasteiger partial charge in [0.25, 0.3) is 17.2 Å². The Morgan fingerprint density at radius 2 is 1.74 bits per heavy atom. The highest BCUT2D eigenvalue weighted by atomic mass is 16.6. The minimum atomic E-state index is -0.492. The normalized spacial score (nSPS) is 14.7. The summed E-state index contributed by atoms with van der Waals surface area (Å²) < 4.78 is 1.65. The maximum atomic E-state index is 12.9. The van der Waals surface area contributed by atoms with Crippen LogP contribution in [0.1, 0.15) is 66.8 Å². The molecule has 5 rings (SSSR count). The molecule has 1 saturated heterocycles. The number of carbonyl (C=O) groups is 1. The first-order chi connectivity index (χ1) is 18.1. The molecule has 11 heteroatoms. The van der Waals surface area contributed by atoms with Gasteiger partial charge in [-0.2, -0.15) is 0 Å². The molecule has 0 unspecified atom stereocenters. The average molecular weight is 516 g/mol. The van der Waals surface area contributed by atoms with E-state index in [9.17, 15) is 19.7 Å². The summed E-state index contributed by atoms with van der Waals surface area (Å²) >= 11 is 0. The van der Waals surface area contributed by atoms with Gasteiger partial charge in [-0.15, -0.1) is 5.10 Å². The second kappa shape index (κ2) is 9.81. The Balaban J connectivity index is 1.30. The molecular weight excluding hydrogens is 486 g/mol. The molecule has 0 radical (unpaired) electrons. The standard InChI is InChI=1S/C27H29N7O4/c1-27(2,3)20-8-4-17(5-9-20)16-33-24-22(30-31-33)25(35)29-23(28-24)18-12-14-32(15-13-18)26(36)19-6-10-21(11-7-19)34(37)38/h4-11,18H,12-16H2,1-3H3,(H,28,29,35). The summed E-state index contributed by atoms with van der Waals surface area (Å²) in [6, 6.07) is 13.9. The Labute approximate surface area is 218 Å². The van der Waals surface area contributed by atoms with Crippen LogP contribution in [0.25, 0.3) is 11.2 Å². The fourth-order valence-corrected chi connectivity index (χ4v) is 4.73. The maximum absolute atomic E-state index is 12.9. The summed E-state index contributed by atoms with van der Waals surface area (Å²) in [5, 5.41) is 19.1. The van der Waals surface area contributed by atoms with E-state index < -0.39 is 4.92 Å². The number of H-pyrrole nitrogens is 1. The van der Waals surface area contributed by atoms with E-state index in [0.717, 1.165) is 5.56 Å². The number of nitrogens with one attached hydrogen (secondary N) is 1. The summed E-state index contributed by atoms with van der Waals surface area (Å²) in [5.41, 5.74) is 2.99. The first-order valence-electron chi connectivity index (χ1n) is 12.6. The number of nitro benzene ring substituents is 1. The van der Waals surface area contributed by atoms with Gasteiger partial charge < -0.3 is 9.88 Å². The zero-order valence-electron chi connectivity index (χ0n) is 21.5. The van der Waals surface area contributed by atoms with E-state index in [1.807, 2.05) is 0 Å². The van der Waals surface area contributed by atoms with E-state index in [-0.39, 0.29) is 34.0 Å². The number of benzene rings is 2. The van der Waals surface area contributed by atoms with Crippen LogP contribution in [0.4, 0.5) is 5.69 Å². The number of nitro groups is 1. The van der Waals surface area contributed by atoms with Crippen molar-refractivity contribution in [3.05, 3.63) is 91.5 Å². The molecular formula is C27H29N7O4. The predicted molar refractivity (Wildman–Crippen MR) is 141 cm³/mol. The van der Waals surface area contributed by atoms with Crippen LogP contribution in [-0.2, 0) is 12.0 Å². The lowest BCUT2D eigenvalue weighted by molar-refractivity contribution is -0.384. The fourth-order valence-electron chi connectivity index (χ4n) is 4.73. The topological polar surface area (TPSA) is 140 Å². The molecule has 0 spiro atoms. The highest BCUT2D eigenvalue weighted by molar-refractivity contribution is 5.94. The van der Waals surface area contributed by atoms with Crippen LogP contribution in [0.15, 0.2) is 53.3 Å². The third kappa shape index (κ3) is 5.04. The monoisotopic (exact) mass is 515 g/mol. The van der Waals surface area contributed by atoms with E-state index in [2.05, 4.69) is 60.3 Å². The number of rotatable bonds is 5. The largest absolute Gasteiger partial charge is 0.339 e. The molecule has 0 bridgehead atoms. The first kappa shape index (κ1) is 25.2. The second-order valence-corrected chi connectivity index (χ2v) is 10.7. The minimum absolute atomic E-state index is 0.0255. The third-order valence-corrected chi connectivity index (χ3v) is 7.04. The molecule has 0 atom stereocenters. The number of likely N-dealkylation sites (tertiary alicyclic amines) is 1. The number of fused-ring (bicyclic) bond motifs is 1. The number of amides is 1. The summed E-state index contributed by atoms with van der Waals surface area (Å²) in [6.07, 6.45) is 1.26. The van der Waals surface area contributed by atoms with Crippen molar-refractivity contribution < 1.29 is 9.72 Å². The number of piperidine rings is 1. The molecule has 1 amide bonds. The Hall–Kier alpha value is -4.41. The fraction of sp³-hybridized carbons (Fsp3) is 0.370. The highest BCUT2D eigenvalue weighted by Crippen LogP contribution is 2.27. The van der Waals surface area contributed by atoms with Crippen LogP contribution in [0, 0.1) is 10.1 Å². The quantitative estimate of drug-likeness (QED) is 0.315. The van der Waals surface area contributed by atoms with E-state index in [0.29, 0.717) is 49.5 Å². The second-order valence-electron chi connectivity index (χ2n) is 10.7. The Morgan fingerprint density at radius 1 is 1.08 bits per heavy atom. The minimum Gasteiger partial charge on any atom is -0.339 e. The summed E-state index contributed by atoms with van der Waals surface area (Å²) in [7, 11) is 0. The molecule has 1 N–H and O–H groups in total. The number of carbonyl (C=O) groups excluding carboxylic acids is 1. The molecule has 11 nitrogen and oxygen atoms in total. The van der Waals surface area contributed by atoms with Crippen LogP contribution < -0.4 is 5.56 Å². The van der Waals surface area contributed by atoms with Crippen LogP contribution >= 0.6 is 0 Å². The molecule has 1 fully saturated rings. The lowest BCUT2D eigenvalue weighted by Gasteiger charge is -2.31. The molecule has 0 saturated carbocycles. The number of hydrogen-bond donors (Lipinski definition) is 1. The summed E-state index contributed by atoms with van der Waals surface area (Å²) in [5.74, 6) is 0.369. The molecule has 2 aromatic carbocycles. The smallest absolute Gasteiger partial charge is 0.281 e. The Bertz CT molecular complexity index is 1540. The van der Waals surface area contributed by atoms with E-state index >= 15 is 0 Å². The Kier molecular flexibility index (Phi) is 6.52. The van der Waals surface area contributed by atoms with Gasteiger partial charge >= 0.3 is 0 Å². The van der Waals surface area contributed by atoms with Crippen molar-refractivity contribution in [1.29, 1.82) is 0 Å². The van der Waals surface area contributed by atoms with Gasteiger partial charge in [-0.3, -0.25) is 19.7 Å². The van der Waals surface area contributed by atoms with Gasteiger partial charge in [-0.25, -0.2) is 9.67 Å². The molecule has 1 aliphatic heterocycles. The van der Waals surface area contributed by atoms with E-state index in [4.69, 9.17) is 4.98 Å². The molecule has 1 aliphatic rings. The van der Waals surface area contributed by atoms with Crippen molar-refractivity contribution in [2.24, 2.45) is 0 Å². The zero-order chi connectivity index (χ0) is 27.0. The molecule has 2 aromatic heterocycles. The number of non-ortho nitro benzene ring substituents is 1.